The molecule has 0 unspecified atom stereocenters. The summed E-state index contributed by atoms with van der Waals surface area (Å²) < 4.78 is 2.04. The van der Waals surface area contributed by atoms with E-state index >= 15 is 0 Å². The fourth-order valence-electron chi connectivity index (χ4n) is 2.34. The van der Waals surface area contributed by atoms with Crippen molar-refractivity contribution < 1.29 is 0 Å². The lowest BCUT2D eigenvalue weighted by molar-refractivity contribution is 0.807. The molecule has 94 valence electrons. The Kier molecular flexibility index (Phi) is 2.44. The van der Waals surface area contributed by atoms with Crippen LogP contribution >= 0.6 is 0 Å². The van der Waals surface area contributed by atoms with Gasteiger partial charge in [-0.2, -0.15) is 0 Å². The number of nitrogen functional groups attached to an aromatic ring is 1. The summed E-state index contributed by atoms with van der Waals surface area (Å²) in [7, 11) is 2.01. The molecule has 3 rings (SSSR count). The molecule has 1 heterocycles. The minimum absolute atomic E-state index is 0.623. The predicted octanol–water partition coefficient (Wildman–Crippen LogP) is 3.16. The molecule has 0 saturated heterocycles. The van der Waals surface area contributed by atoms with Crippen LogP contribution in [0.5, 0.6) is 0 Å². The molecule has 1 aliphatic rings. The van der Waals surface area contributed by atoms with E-state index in [2.05, 4.69) is 32.0 Å². The van der Waals surface area contributed by atoms with Crippen molar-refractivity contribution >= 4 is 5.82 Å². The second-order valence-electron chi connectivity index (χ2n) is 5.34. The summed E-state index contributed by atoms with van der Waals surface area (Å²) in [6, 6.07) is 6.41. The molecular weight excluding hydrogens is 222 g/mol. The van der Waals surface area contributed by atoms with Gasteiger partial charge >= 0.3 is 0 Å². The molecule has 1 aromatic carbocycles. The number of aryl methyl sites for hydroxylation is 2. The average Bonchev–Trinajstić information content (AvgIpc) is 3.13. The zero-order valence-corrected chi connectivity index (χ0v) is 11.2. The minimum atomic E-state index is 0.623. The van der Waals surface area contributed by atoms with Crippen LogP contribution in [0.25, 0.3) is 11.3 Å². The van der Waals surface area contributed by atoms with Crippen LogP contribution in [-0.2, 0) is 7.05 Å². The van der Waals surface area contributed by atoms with E-state index in [0.29, 0.717) is 5.92 Å². The Balaban J connectivity index is 2.10. The molecule has 3 heteroatoms. The van der Waals surface area contributed by atoms with Gasteiger partial charge in [0.1, 0.15) is 17.3 Å². The molecule has 0 bridgehead atoms. The number of imidazole rings is 1. The summed E-state index contributed by atoms with van der Waals surface area (Å²) in [6.07, 6.45) is 2.49. The van der Waals surface area contributed by atoms with E-state index < -0.39 is 0 Å². The van der Waals surface area contributed by atoms with Gasteiger partial charge in [0.25, 0.3) is 0 Å². The van der Waals surface area contributed by atoms with Gasteiger partial charge in [-0.25, -0.2) is 4.98 Å². The molecule has 0 aliphatic heterocycles. The van der Waals surface area contributed by atoms with Crippen LogP contribution in [0, 0.1) is 13.8 Å². The lowest BCUT2D eigenvalue weighted by atomic mass is 10.0. The Morgan fingerprint density at radius 3 is 2.56 bits per heavy atom. The first-order valence-electron chi connectivity index (χ1n) is 6.47. The van der Waals surface area contributed by atoms with Crippen molar-refractivity contribution in [2.75, 3.05) is 5.73 Å². The lowest BCUT2D eigenvalue weighted by Gasteiger charge is -2.04. The van der Waals surface area contributed by atoms with Crippen molar-refractivity contribution in [3.8, 4) is 11.3 Å². The fraction of sp³-hybridized carbons (Fsp3) is 0.400. The molecule has 0 radical (unpaired) electrons. The summed E-state index contributed by atoms with van der Waals surface area (Å²) in [5.41, 5.74) is 10.8. The van der Waals surface area contributed by atoms with Crippen molar-refractivity contribution in [3.05, 3.63) is 35.2 Å². The topological polar surface area (TPSA) is 43.8 Å². The van der Waals surface area contributed by atoms with Crippen LogP contribution in [0.3, 0.4) is 0 Å². The van der Waals surface area contributed by atoms with E-state index in [9.17, 15) is 0 Å². The van der Waals surface area contributed by atoms with Crippen molar-refractivity contribution in [2.24, 2.45) is 7.05 Å². The number of anilines is 1. The van der Waals surface area contributed by atoms with Crippen LogP contribution in [0.15, 0.2) is 18.2 Å². The van der Waals surface area contributed by atoms with Crippen molar-refractivity contribution in [1.82, 2.24) is 9.55 Å². The number of nitrogens with two attached hydrogens (primary N) is 1. The summed E-state index contributed by atoms with van der Waals surface area (Å²) in [4.78, 5) is 4.75. The monoisotopic (exact) mass is 241 g/mol. The molecule has 1 aliphatic carbocycles. The highest BCUT2D eigenvalue weighted by Gasteiger charge is 2.29. The standard InChI is InChI=1S/C15H19N3/c1-9-4-5-12(8-10(9)2)13-14(16)18(3)15(17-13)11-6-7-11/h4-5,8,11H,6-7,16H2,1-3H3. The van der Waals surface area contributed by atoms with E-state index in [0.717, 1.165) is 22.9 Å². The van der Waals surface area contributed by atoms with Crippen LogP contribution in [0.2, 0.25) is 0 Å². The zero-order chi connectivity index (χ0) is 12.9. The van der Waals surface area contributed by atoms with Crippen molar-refractivity contribution in [2.45, 2.75) is 32.6 Å². The van der Waals surface area contributed by atoms with Gasteiger partial charge in [0.2, 0.25) is 0 Å². The first kappa shape index (κ1) is 11.3. The molecule has 1 fully saturated rings. The second-order valence-corrected chi connectivity index (χ2v) is 5.34. The van der Waals surface area contributed by atoms with Crippen molar-refractivity contribution in [1.29, 1.82) is 0 Å². The maximum atomic E-state index is 6.19. The first-order chi connectivity index (χ1) is 8.58. The van der Waals surface area contributed by atoms with Crippen LogP contribution in [0.1, 0.15) is 35.7 Å². The van der Waals surface area contributed by atoms with E-state index in [1.807, 2.05) is 11.6 Å². The molecule has 3 nitrogen and oxygen atoms in total. The highest BCUT2D eigenvalue weighted by atomic mass is 15.1. The third-order valence-corrected chi connectivity index (χ3v) is 3.90. The van der Waals surface area contributed by atoms with Crippen LogP contribution < -0.4 is 5.73 Å². The molecule has 1 aromatic heterocycles. The van der Waals surface area contributed by atoms with Gasteiger partial charge in [-0.15, -0.1) is 0 Å². The SMILES string of the molecule is Cc1ccc(-c2nc(C3CC3)n(C)c2N)cc1C. The summed E-state index contributed by atoms with van der Waals surface area (Å²) in [5.74, 6) is 2.54. The Bertz CT molecular complexity index is 606. The van der Waals surface area contributed by atoms with Gasteiger partial charge in [-0.3, -0.25) is 0 Å². The summed E-state index contributed by atoms with van der Waals surface area (Å²) >= 11 is 0. The molecule has 0 amide bonds. The van der Waals surface area contributed by atoms with E-state index in [4.69, 9.17) is 10.7 Å². The number of hydrogen-bond acceptors (Lipinski definition) is 2. The molecule has 18 heavy (non-hydrogen) atoms. The number of rotatable bonds is 2. The molecule has 0 spiro atoms. The van der Waals surface area contributed by atoms with Gasteiger partial charge in [-0.05, 0) is 43.9 Å². The van der Waals surface area contributed by atoms with Gasteiger partial charge < -0.3 is 10.3 Å². The van der Waals surface area contributed by atoms with E-state index in [1.165, 1.54) is 24.0 Å². The summed E-state index contributed by atoms with van der Waals surface area (Å²) in [6.45, 7) is 4.25. The third kappa shape index (κ3) is 1.70. The van der Waals surface area contributed by atoms with Crippen LogP contribution in [0.4, 0.5) is 5.82 Å². The summed E-state index contributed by atoms with van der Waals surface area (Å²) in [5, 5.41) is 0. The molecule has 0 atom stereocenters. The number of hydrogen-bond donors (Lipinski definition) is 1. The smallest absolute Gasteiger partial charge is 0.131 e. The first-order valence-corrected chi connectivity index (χ1v) is 6.47. The Hall–Kier alpha value is -1.77. The Morgan fingerprint density at radius 2 is 1.94 bits per heavy atom. The average molecular weight is 241 g/mol. The largest absolute Gasteiger partial charge is 0.383 e. The number of nitrogens with zero attached hydrogens (tertiary/aromatic N) is 2. The third-order valence-electron chi connectivity index (χ3n) is 3.90. The van der Waals surface area contributed by atoms with Gasteiger partial charge in [-0.1, -0.05) is 12.1 Å². The second kappa shape index (κ2) is 3.87. The van der Waals surface area contributed by atoms with E-state index in [1.54, 1.807) is 0 Å². The number of aromatic nitrogens is 2. The Morgan fingerprint density at radius 1 is 1.22 bits per heavy atom. The maximum Gasteiger partial charge on any atom is 0.131 e. The van der Waals surface area contributed by atoms with Gasteiger partial charge in [0.05, 0.1) is 0 Å². The molecule has 2 aromatic rings. The molecular formula is C15H19N3. The van der Waals surface area contributed by atoms with Crippen molar-refractivity contribution in [3.63, 3.8) is 0 Å². The highest BCUT2D eigenvalue weighted by molar-refractivity contribution is 5.72. The maximum absolute atomic E-state index is 6.19. The van der Waals surface area contributed by atoms with Gasteiger partial charge in [0, 0.05) is 18.5 Å². The highest BCUT2D eigenvalue weighted by Crippen LogP contribution is 2.41. The minimum Gasteiger partial charge on any atom is -0.383 e. The van der Waals surface area contributed by atoms with Crippen LogP contribution in [-0.4, -0.2) is 9.55 Å². The predicted molar refractivity (Wildman–Crippen MR) is 74.5 cm³/mol. The molecule has 2 N–H and O–H groups in total. The zero-order valence-electron chi connectivity index (χ0n) is 11.2. The van der Waals surface area contributed by atoms with E-state index in [-0.39, 0.29) is 0 Å². The van der Waals surface area contributed by atoms with Gasteiger partial charge in [0.15, 0.2) is 0 Å². The quantitative estimate of drug-likeness (QED) is 0.877. The normalized spacial score (nSPS) is 15.1. The number of benzene rings is 1. The lowest BCUT2D eigenvalue weighted by Crippen LogP contribution is -2.00. The fourth-order valence-corrected chi connectivity index (χ4v) is 2.34. The Labute approximate surface area is 108 Å². The molecule has 1 saturated carbocycles.